The Bertz CT molecular complexity index is 685. The molecule has 4 N–H and O–H groups in total. The highest BCUT2D eigenvalue weighted by molar-refractivity contribution is 5.85. The van der Waals surface area contributed by atoms with E-state index in [1.807, 2.05) is 30.3 Å². The molecule has 132 valence electrons. The third-order valence-electron chi connectivity index (χ3n) is 4.50. The molecule has 1 fully saturated rings. The molecule has 1 atom stereocenters. The first-order chi connectivity index (χ1) is 12.3. The van der Waals surface area contributed by atoms with Gasteiger partial charge in [-0.1, -0.05) is 30.3 Å². The maximum atomic E-state index is 10.4. The maximum absolute atomic E-state index is 10.4. The molecule has 7 nitrogen and oxygen atoms in total. The summed E-state index contributed by atoms with van der Waals surface area (Å²) in [7, 11) is 0. The van der Waals surface area contributed by atoms with Crippen LogP contribution in [0.3, 0.4) is 0 Å². The van der Waals surface area contributed by atoms with Crippen LogP contribution in [0.25, 0.3) is 0 Å². The van der Waals surface area contributed by atoms with Gasteiger partial charge in [-0.2, -0.15) is 5.10 Å². The number of anilines is 1. The van der Waals surface area contributed by atoms with Crippen LogP contribution in [0.2, 0.25) is 0 Å². The molecule has 3 rings (SSSR count). The van der Waals surface area contributed by atoms with E-state index >= 15 is 0 Å². The molecule has 0 radical (unpaired) electrons. The SMILES string of the molecule is N/N=C\c1cncnc1NC1CCN(CC(O)c2ccccc2)CC1. The molecule has 0 amide bonds. The third kappa shape index (κ3) is 4.74. The zero-order valence-corrected chi connectivity index (χ0v) is 14.1. The lowest BCUT2D eigenvalue weighted by Gasteiger charge is -2.33. The number of aliphatic hydroxyl groups is 1. The minimum atomic E-state index is -0.444. The summed E-state index contributed by atoms with van der Waals surface area (Å²) in [4.78, 5) is 10.6. The van der Waals surface area contributed by atoms with Crippen LogP contribution >= 0.6 is 0 Å². The van der Waals surface area contributed by atoms with E-state index in [-0.39, 0.29) is 0 Å². The molecule has 0 bridgehead atoms. The number of nitrogens with one attached hydrogen (secondary N) is 1. The number of β-amino-alcohol motifs (C(OH)–C–C–N with tert-alkyl or cyclic N) is 1. The van der Waals surface area contributed by atoms with Gasteiger partial charge in [0.15, 0.2) is 0 Å². The molecule has 1 aromatic carbocycles. The first kappa shape index (κ1) is 17.3. The smallest absolute Gasteiger partial charge is 0.138 e. The predicted octanol–water partition coefficient (Wildman–Crippen LogP) is 1.38. The van der Waals surface area contributed by atoms with Crippen LogP contribution in [-0.4, -0.2) is 51.9 Å². The molecule has 1 aliphatic heterocycles. The Balaban J connectivity index is 1.51. The Kier molecular flexibility index (Phi) is 5.92. The molecular formula is C18H24N6O. The molecule has 1 unspecified atom stereocenters. The summed E-state index contributed by atoms with van der Waals surface area (Å²) in [6.45, 7) is 2.54. The van der Waals surface area contributed by atoms with Crippen LogP contribution in [-0.2, 0) is 0 Å². The molecule has 7 heteroatoms. The van der Waals surface area contributed by atoms with Gasteiger partial charge in [0.25, 0.3) is 0 Å². The van der Waals surface area contributed by atoms with Crippen LogP contribution in [0.5, 0.6) is 0 Å². The maximum Gasteiger partial charge on any atom is 0.138 e. The lowest BCUT2D eigenvalue weighted by molar-refractivity contribution is 0.0991. The Labute approximate surface area is 147 Å². The highest BCUT2D eigenvalue weighted by Gasteiger charge is 2.22. The summed E-state index contributed by atoms with van der Waals surface area (Å²) in [6.07, 6.45) is 6.29. The fraction of sp³-hybridized carbons (Fsp3) is 0.389. The van der Waals surface area contributed by atoms with Crippen LogP contribution < -0.4 is 11.2 Å². The van der Waals surface area contributed by atoms with Crippen molar-refractivity contribution in [3.05, 3.63) is 54.0 Å². The van der Waals surface area contributed by atoms with Crippen molar-refractivity contribution in [2.45, 2.75) is 25.0 Å². The molecule has 0 spiro atoms. The minimum Gasteiger partial charge on any atom is -0.387 e. The van der Waals surface area contributed by atoms with E-state index in [1.165, 1.54) is 6.33 Å². The van der Waals surface area contributed by atoms with Gasteiger partial charge >= 0.3 is 0 Å². The molecule has 0 saturated carbocycles. The van der Waals surface area contributed by atoms with Gasteiger partial charge in [0.05, 0.1) is 17.9 Å². The summed E-state index contributed by atoms with van der Waals surface area (Å²) in [5.74, 6) is 5.99. The number of hydrogen-bond acceptors (Lipinski definition) is 7. The van der Waals surface area contributed by atoms with Crippen molar-refractivity contribution in [1.29, 1.82) is 0 Å². The Morgan fingerprint density at radius 2 is 2.08 bits per heavy atom. The molecule has 2 aromatic rings. The van der Waals surface area contributed by atoms with E-state index in [4.69, 9.17) is 5.84 Å². The number of nitrogens with two attached hydrogens (primary N) is 1. The van der Waals surface area contributed by atoms with Gasteiger partial charge in [-0.15, -0.1) is 0 Å². The predicted molar refractivity (Wildman–Crippen MR) is 98.3 cm³/mol. The van der Waals surface area contributed by atoms with Crippen molar-refractivity contribution in [1.82, 2.24) is 14.9 Å². The number of likely N-dealkylation sites (tertiary alicyclic amines) is 1. The van der Waals surface area contributed by atoms with E-state index in [1.54, 1.807) is 12.4 Å². The molecule has 2 heterocycles. The summed E-state index contributed by atoms with van der Waals surface area (Å²) >= 11 is 0. The number of hydrogen-bond donors (Lipinski definition) is 3. The van der Waals surface area contributed by atoms with Gasteiger partial charge in [0, 0.05) is 31.9 Å². The Morgan fingerprint density at radius 3 is 2.80 bits per heavy atom. The average molecular weight is 340 g/mol. The minimum absolute atomic E-state index is 0.338. The summed E-state index contributed by atoms with van der Waals surface area (Å²) in [6, 6.07) is 10.1. The topological polar surface area (TPSA) is 99.7 Å². The van der Waals surface area contributed by atoms with Crippen molar-refractivity contribution in [3.63, 3.8) is 0 Å². The average Bonchev–Trinajstić information content (AvgIpc) is 2.66. The van der Waals surface area contributed by atoms with E-state index in [9.17, 15) is 5.11 Å². The summed E-state index contributed by atoms with van der Waals surface area (Å²) < 4.78 is 0. The molecule has 1 aliphatic rings. The molecule has 1 saturated heterocycles. The second-order valence-electron chi connectivity index (χ2n) is 6.25. The molecule has 1 aromatic heterocycles. The highest BCUT2D eigenvalue weighted by Crippen LogP contribution is 2.20. The van der Waals surface area contributed by atoms with Crippen LogP contribution in [0.1, 0.15) is 30.1 Å². The first-order valence-corrected chi connectivity index (χ1v) is 8.51. The second-order valence-corrected chi connectivity index (χ2v) is 6.25. The Hall–Kier alpha value is -2.51. The van der Waals surface area contributed by atoms with Crippen molar-refractivity contribution in [3.8, 4) is 0 Å². The zero-order valence-electron chi connectivity index (χ0n) is 14.1. The summed E-state index contributed by atoms with van der Waals surface area (Å²) in [5.41, 5.74) is 1.75. The number of aliphatic hydroxyl groups excluding tert-OH is 1. The molecule has 25 heavy (non-hydrogen) atoms. The van der Waals surface area contributed by atoms with E-state index in [0.29, 0.717) is 12.6 Å². The number of hydrazone groups is 1. The largest absolute Gasteiger partial charge is 0.387 e. The number of rotatable bonds is 6. The zero-order chi connectivity index (χ0) is 17.5. The standard InChI is InChI=1S/C18H24N6O/c19-22-11-15-10-20-13-21-18(15)23-16-6-8-24(9-7-16)12-17(25)14-4-2-1-3-5-14/h1-5,10-11,13,16-17,25H,6-9,12,19H2,(H,20,21,23)/b22-11-. The first-order valence-electron chi connectivity index (χ1n) is 8.51. The molecular weight excluding hydrogens is 316 g/mol. The quantitative estimate of drug-likeness (QED) is 0.417. The lowest BCUT2D eigenvalue weighted by Crippen LogP contribution is -2.41. The molecule has 0 aliphatic carbocycles. The lowest BCUT2D eigenvalue weighted by atomic mass is 10.0. The fourth-order valence-corrected chi connectivity index (χ4v) is 3.11. The highest BCUT2D eigenvalue weighted by atomic mass is 16.3. The number of piperidine rings is 1. The van der Waals surface area contributed by atoms with E-state index in [0.717, 1.165) is 42.9 Å². The van der Waals surface area contributed by atoms with Gasteiger partial charge < -0.3 is 21.2 Å². The Morgan fingerprint density at radius 1 is 1.32 bits per heavy atom. The van der Waals surface area contributed by atoms with E-state index in [2.05, 4.69) is 25.3 Å². The van der Waals surface area contributed by atoms with Crippen molar-refractivity contribution in [2.24, 2.45) is 10.9 Å². The van der Waals surface area contributed by atoms with Gasteiger partial charge in [0.2, 0.25) is 0 Å². The van der Waals surface area contributed by atoms with Gasteiger partial charge in [-0.05, 0) is 18.4 Å². The van der Waals surface area contributed by atoms with Gasteiger partial charge in [0.1, 0.15) is 12.1 Å². The second kappa shape index (κ2) is 8.55. The van der Waals surface area contributed by atoms with Gasteiger partial charge in [-0.3, -0.25) is 0 Å². The normalized spacial score (nSPS) is 17.6. The fourth-order valence-electron chi connectivity index (χ4n) is 3.11. The van der Waals surface area contributed by atoms with Gasteiger partial charge in [-0.25, -0.2) is 9.97 Å². The van der Waals surface area contributed by atoms with Crippen LogP contribution in [0, 0.1) is 0 Å². The van der Waals surface area contributed by atoms with Crippen LogP contribution in [0.15, 0.2) is 48.0 Å². The van der Waals surface area contributed by atoms with Crippen LogP contribution in [0.4, 0.5) is 5.82 Å². The number of aromatic nitrogens is 2. The number of nitrogens with zero attached hydrogens (tertiary/aromatic N) is 4. The van der Waals surface area contributed by atoms with Crippen molar-refractivity contribution >= 4 is 12.0 Å². The van der Waals surface area contributed by atoms with E-state index < -0.39 is 6.10 Å². The monoisotopic (exact) mass is 340 g/mol. The third-order valence-corrected chi connectivity index (χ3v) is 4.50. The summed E-state index contributed by atoms with van der Waals surface area (Å²) in [5, 5.41) is 17.4. The van der Waals surface area contributed by atoms with Crippen molar-refractivity contribution < 1.29 is 5.11 Å². The van der Waals surface area contributed by atoms with Crippen molar-refractivity contribution in [2.75, 3.05) is 25.0 Å². The number of benzene rings is 1.